The number of aromatic carboxylic acids is 1. The van der Waals surface area contributed by atoms with Gasteiger partial charge in [-0.15, -0.1) is 0 Å². The Bertz CT molecular complexity index is 709. The van der Waals surface area contributed by atoms with E-state index in [1.807, 2.05) is 22.6 Å². The Hall–Kier alpha value is -2.23. The molecule has 0 fully saturated rings. The number of pyridine rings is 1. The molecular weight excluding hydrogens is 392 g/mol. The van der Waals surface area contributed by atoms with E-state index in [-0.39, 0.29) is 11.4 Å². The molecule has 8 heteroatoms. The molecule has 0 saturated heterocycles. The predicted molar refractivity (Wildman–Crippen MR) is 83.0 cm³/mol. The van der Waals surface area contributed by atoms with Gasteiger partial charge in [0.1, 0.15) is 5.82 Å². The molecule has 2 amide bonds. The van der Waals surface area contributed by atoms with E-state index in [1.54, 1.807) is 0 Å². The smallest absolute Gasteiger partial charge is 0.356 e. The molecule has 0 atom stereocenters. The molecule has 6 nitrogen and oxygen atoms in total. The maximum atomic E-state index is 13.0. The van der Waals surface area contributed by atoms with Crippen molar-refractivity contribution in [3.05, 3.63) is 51.6 Å². The highest BCUT2D eigenvalue weighted by Gasteiger charge is 2.14. The summed E-state index contributed by atoms with van der Waals surface area (Å²) in [5.41, 5.74) is 0.219. The van der Waals surface area contributed by atoms with Gasteiger partial charge < -0.3 is 15.7 Å². The number of carboxylic acids is 1. The minimum Gasteiger partial charge on any atom is -0.476 e. The number of rotatable bonds is 3. The van der Waals surface area contributed by atoms with E-state index in [2.05, 4.69) is 15.6 Å². The van der Waals surface area contributed by atoms with Crippen LogP contribution in [0.2, 0.25) is 0 Å². The molecule has 2 rings (SSSR count). The lowest BCUT2D eigenvalue weighted by molar-refractivity contribution is 0.0691. The number of nitrogens with one attached hydrogen (secondary N) is 2. The van der Waals surface area contributed by atoms with Gasteiger partial charge >= 0.3 is 12.0 Å². The van der Waals surface area contributed by atoms with Crippen molar-refractivity contribution in [3.8, 4) is 0 Å². The van der Waals surface area contributed by atoms with Gasteiger partial charge in [0.2, 0.25) is 0 Å². The fourth-order valence-corrected chi connectivity index (χ4v) is 2.16. The molecule has 0 unspecified atom stereocenters. The molecule has 2 aromatic rings. The van der Waals surface area contributed by atoms with Gasteiger partial charge in [0, 0.05) is 9.77 Å². The first-order valence-electron chi connectivity index (χ1n) is 5.69. The molecule has 21 heavy (non-hydrogen) atoms. The van der Waals surface area contributed by atoms with Gasteiger partial charge in [-0.3, -0.25) is 0 Å². The van der Waals surface area contributed by atoms with Crippen LogP contribution in [0.3, 0.4) is 0 Å². The third-order valence-corrected chi connectivity index (χ3v) is 3.33. The summed E-state index contributed by atoms with van der Waals surface area (Å²) >= 11 is 1.88. The van der Waals surface area contributed by atoms with Crippen LogP contribution in [0.1, 0.15) is 10.5 Å². The summed E-state index contributed by atoms with van der Waals surface area (Å²) in [5, 5.41) is 13.9. The lowest BCUT2D eigenvalue weighted by Gasteiger charge is -2.10. The summed E-state index contributed by atoms with van der Waals surface area (Å²) in [4.78, 5) is 26.5. The molecule has 1 aromatic heterocycles. The Morgan fingerprint density at radius 1 is 1.19 bits per heavy atom. The van der Waals surface area contributed by atoms with Crippen molar-refractivity contribution in [3.63, 3.8) is 0 Å². The quantitative estimate of drug-likeness (QED) is 0.690. The van der Waals surface area contributed by atoms with Gasteiger partial charge in [0.05, 0.1) is 11.4 Å². The number of hydrogen-bond acceptors (Lipinski definition) is 3. The van der Waals surface area contributed by atoms with Gasteiger partial charge in [0.25, 0.3) is 0 Å². The van der Waals surface area contributed by atoms with Crippen molar-refractivity contribution in [2.45, 2.75) is 0 Å². The standard InChI is InChI=1S/C13H9FIN3O3/c14-7-3-4-9(8(15)6-7)17-13(21)18-10-2-1-5-16-11(10)12(19)20/h1-6H,(H,19,20)(H2,17,18,21). The summed E-state index contributed by atoms with van der Waals surface area (Å²) in [6.07, 6.45) is 1.31. The van der Waals surface area contributed by atoms with Crippen LogP contribution in [0.25, 0.3) is 0 Å². The van der Waals surface area contributed by atoms with Crippen LogP contribution in [0, 0.1) is 9.39 Å². The second-order valence-electron chi connectivity index (χ2n) is 3.91. The number of benzene rings is 1. The Morgan fingerprint density at radius 3 is 2.57 bits per heavy atom. The number of hydrogen-bond donors (Lipinski definition) is 3. The Balaban J connectivity index is 2.14. The van der Waals surface area contributed by atoms with Gasteiger partial charge in [-0.1, -0.05) is 0 Å². The molecule has 0 aliphatic carbocycles. The molecular formula is C13H9FIN3O3. The molecule has 0 saturated carbocycles. The van der Waals surface area contributed by atoms with E-state index in [0.717, 1.165) is 0 Å². The van der Waals surface area contributed by atoms with Gasteiger partial charge in [-0.25, -0.2) is 19.0 Å². The highest BCUT2D eigenvalue weighted by atomic mass is 127. The summed E-state index contributed by atoms with van der Waals surface area (Å²) in [6.45, 7) is 0. The average molecular weight is 401 g/mol. The number of carboxylic acid groups (broad SMARTS) is 1. The normalized spacial score (nSPS) is 10.0. The van der Waals surface area contributed by atoms with E-state index in [0.29, 0.717) is 9.26 Å². The van der Waals surface area contributed by atoms with E-state index >= 15 is 0 Å². The van der Waals surface area contributed by atoms with Crippen molar-refractivity contribution >= 4 is 46.0 Å². The fraction of sp³-hybridized carbons (Fsp3) is 0. The van der Waals surface area contributed by atoms with E-state index in [4.69, 9.17) is 5.11 Å². The van der Waals surface area contributed by atoms with Crippen molar-refractivity contribution in [2.24, 2.45) is 0 Å². The van der Waals surface area contributed by atoms with Crippen LogP contribution in [-0.4, -0.2) is 22.1 Å². The van der Waals surface area contributed by atoms with E-state index in [9.17, 15) is 14.0 Å². The first-order valence-corrected chi connectivity index (χ1v) is 6.76. The van der Waals surface area contributed by atoms with Gasteiger partial charge in [0.15, 0.2) is 5.69 Å². The van der Waals surface area contributed by atoms with Crippen LogP contribution in [0.5, 0.6) is 0 Å². The molecule has 0 radical (unpaired) electrons. The SMILES string of the molecule is O=C(Nc1ccc(F)cc1I)Nc1cccnc1C(=O)O. The zero-order valence-corrected chi connectivity index (χ0v) is 12.6. The predicted octanol–water partition coefficient (Wildman–Crippen LogP) is 3.17. The Morgan fingerprint density at radius 2 is 1.90 bits per heavy atom. The van der Waals surface area contributed by atoms with Crippen LogP contribution in [0.4, 0.5) is 20.6 Å². The minimum absolute atomic E-state index is 0.0691. The Labute approximate surface area is 132 Å². The molecule has 3 N–H and O–H groups in total. The maximum Gasteiger partial charge on any atom is 0.356 e. The van der Waals surface area contributed by atoms with Crippen molar-refractivity contribution in [1.82, 2.24) is 4.98 Å². The van der Waals surface area contributed by atoms with Gasteiger partial charge in [-0.05, 0) is 52.9 Å². The lowest BCUT2D eigenvalue weighted by Crippen LogP contribution is -2.22. The first kappa shape index (κ1) is 15.2. The largest absolute Gasteiger partial charge is 0.476 e. The number of amides is 2. The monoisotopic (exact) mass is 401 g/mol. The fourth-order valence-electron chi connectivity index (χ4n) is 1.54. The second kappa shape index (κ2) is 6.48. The molecule has 1 aromatic carbocycles. The molecule has 0 aliphatic heterocycles. The van der Waals surface area contributed by atoms with Gasteiger partial charge in [-0.2, -0.15) is 0 Å². The summed E-state index contributed by atoms with van der Waals surface area (Å²) in [7, 11) is 0. The van der Waals surface area contributed by atoms with Crippen molar-refractivity contribution in [2.75, 3.05) is 10.6 Å². The molecule has 0 aliphatic rings. The summed E-state index contributed by atoms with van der Waals surface area (Å²) < 4.78 is 13.5. The van der Waals surface area contributed by atoms with E-state index < -0.39 is 17.8 Å². The topological polar surface area (TPSA) is 91.3 Å². The number of nitrogens with zero attached hydrogens (tertiary/aromatic N) is 1. The number of carbonyl (C=O) groups is 2. The highest BCUT2D eigenvalue weighted by Crippen LogP contribution is 2.19. The maximum absolute atomic E-state index is 13.0. The summed E-state index contributed by atoms with van der Waals surface area (Å²) in [5.74, 6) is -1.66. The third-order valence-electron chi connectivity index (χ3n) is 2.44. The zero-order chi connectivity index (χ0) is 15.4. The molecule has 0 bridgehead atoms. The Kier molecular flexibility index (Phi) is 4.68. The number of urea groups is 1. The molecule has 0 spiro atoms. The second-order valence-corrected chi connectivity index (χ2v) is 5.07. The number of carbonyl (C=O) groups excluding carboxylic acids is 1. The average Bonchev–Trinajstić information content (AvgIpc) is 2.42. The van der Waals surface area contributed by atoms with Crippen molar-refractivity contribution in [1.29, 1.82) is 0 Å². The highest BCUT2D eigenvalue weighted by molar-refractivity contribution is 14.1. The minimum atomic E-state index is -1.25. The molecule has 1 heterocycles. The number of anilines is 2. The summed E-state index contributed by atoms with van der Waals surface area (Å²) in [6, 6.07) is 6.18. The molecule has 108 valence electrons. The first-order chi connectivity index (χ1) is 9.97. The van der Waals surface area contributed by atoms with Crippen LogP contribution >= 0.6 is 22.6 Å². The van der Waals surface area contributed by atoms with Crippen LogP contribution < -0.4 is 10.6 Å². The number of aromatic nitrogens is 1. The number of halogens is 2. The zero-order valence-electron chi connectivity index (χ0n) is 10.4. The van der Waals surface area contributed by atoms with E-state index in [1.165, 1.54) is 36.5 Å². The van der Waals surface area contributed by atoms with Crippen molar-refractivity contribution < 1.29 is 19.1 Å². The lowest BCUT2D eigenvalue weighted by atomic mass is 10.3. The van der Waals surface area contributed by atoms with Crippen LogP contribution in [-0.2, 0) is 0 Å². The van der Waals surface area contributed by atoms with Crippen LogP contribution in [0.15, 0.2) is 36.5 Å². The third kappa shape index (κ3) is 3.88.